The number of fused-ring (bicyclic) bond motifs is 1. The molecule has 2 heterocycles. The standard InChI is InChI=1S/C24H26F3N5O/c25-24(26,27)19-11-29-23(30-17-1-2-20-16(8-17)9-21(33)31-20)32-22(19)28-10-18-14-4-12-3-13(6-14)7-15(18)5-12/h1-2,8,11-15,18H,3-7,9-10H2,(H,31,33)(H2,28,29,30,32). The number of carbonyl (C=O) groups excluding carboxylic acids is 1. The van der Waals surface area contributed by atoms with Gasteiger partial charge in [0.2, 0.25) is 11.9 Å². The highest BCUT2D eigenvalue weighted by Gasteiger charge is 2.48. The van der Waals surface area contributed by atoms with Gasteiger partial charge in [0, 0.05) is 24.1 Å². The topological polar surface area (TPSA) is 78.9 Å². The Bertz CT molecular complexity index is 1070. The molecule has 5 aliphatic rings. The number of aromatic nitrogens is 2. The smallest absolute Gasteiger partial charge is 0.369 e. The third-order valence-electron chi connectivity index (χ3n) is 8.01. The van der Waals surface area contributed by atoms with E-state index in [4.69, 9.17) is 0 Å². The minimum atomic E-state index is -4.54. The molecular formula is C24H26F3N5O. The van der Waals surface area contributed by atoms with E-state index < -0.39 is 11.7 Å². The number of nitrogens with one attached hydrogen (secondary N) is 3. The summed E-state index contributed by atoms with van der Waals surface area (Å²) in [6.07, 6.45) is 2.80. The molecule has 1 aromatic heterocycles. The molecule has 1 aromatic carbocycles. The second-order valence-electron chi connectivity index (χ2n) is 10.2. The maximum absolute atomic E-state index is 13.7. The Morgan fingerprint density at radius 3 is 2.48 bits per heavy atom. The number of rotatable bonds is 5. The minimum absolute atomic E-state index is 0.0794. The van der Waals surface area contributed by atoms with Crippen LogP contribution in [0.1, 0.15) is 43.2 Å². The van der Waals surface area contributed by atoms with E-state index in [1.165, 1.54) is 32.1 Å². The van der Waals surface area contributed by atoms with E-state index in [1.807, 2.05) is 0 Å². The van der Waals surface area contributed by atoms with Crippen molar-refractivity contribution in [1.82, 2.24) is 9.97 Å². The summed E-state index contributed by atoms with van der Waals surface area (Å²) in [7, 11) is 0. The normalized spacial score (nSPS) is 29.7. The van der Waals surface area contributed by atoms with Crippen molar-refractivity contribution in [3.8, 4) is 0 Å². The van der Waals surface area contributed by atoms with Gasteiger partial charge in [-0.1, -0.05) is 0 Å². The van der Waals surface area contributed by atoms with Gasteiger partial charge in [-0.15, -0.1) is 0 Å². The number of carbonyl (C=O) groups is 1. The first-order valence-electron chi connectivity index (χ1n) is 11.7. The van der Waals surface area contributed by atoms with Gasteiger partial charge in [0.15, 0.2) is 0 Å². The van der Waals surface area contributed by atoms with Crippen LogP contribution in [0.25, 0.3) is 0 Å². The number of benzene rings is 1. The van der Waals surface area contributed by atoms with Gasteiger partial charge in [-0.2, -0.15) is 18.2 Å². The van der Waals surface area contributed by atoms with Crippen LogP contribution >= 0.6 is 0 Å². The molecule has 1 aliphatic heterocycles. The van der Waals surface area contributed by atoms with Gasteiger partial charge >= 0.3 is 6.18 Å². The van der Waals surface area contributed by atoms with E-state index >= 15 is 0 Å². The van der Waals surface area contributed by atoms with Gasteiger partial charge in [0.05, 0.1) is 6.42 Å². The molecule has 6 nitrogen and oxygen atoms in total. The fourth-order valence-electron chi connectivity index (χ4n) is 6.81. The average Bonchev–Trinajstić information content (AvgIpc) is 3.11. The maximum Gasteiger partial charge on any atom is 0.421 e. The van der Waals surface area contributed by atoms with Gasteiger partial charge in [-0.05, 0) is 85.5 Å². The molecular weight excluding hydrogens is 431 g/mol. The Morgan fingerprint density at radius 1 is 1.06 bits per heavy atom. The Morgan fingerprint density at radius 2 is 1.79 bits per heavy atom. The summed E-state index contributed by atoms with van der Waals surface area (Å²) in [4.78, 5) is 19.7. The summed E-state index contributed by atoms with van der Waals surface area (Å²) in [5.41, 5.74) is 1.35. The van der Waals surface area contributed by atoms with Crippen molar-refractivity contribution in [3.05, 3.63) is 35.5 Å². The van der Waals surface area contributed by atoms with E-state index in [9.17, 15) is 18.0 Å². The Labute approximate surface area is 189 Å². The molecule has 9 heteroatoms. The van der Waals surface area contributed by atoms with Crippen LogP contribution < -0.4 is 16.0 Å². The molecule has 0 saturated heterocycles. The van der Waals surface area contributed by atoms with Crippen LogP contribution in [-0.4, -0.2) is 22.4 Å². The zero-order valence-corrected chi connectivity index (χ0v) is 18.1. The SMILES string of the molecule is O=C1Cc2cc(Nc3ncc(C(F)(F)F)c(NCC4C5CC6CC(C5)CC4C6)n3)ccc2N1. The lowest BCUT2D eigenvalue weighted by atomic mass is 9.52. The molecule has 174 valence electrons. The zero-order chi connectivity index (χ0) is 22.7. The number of anilines is 4. The largest absolute Gasteiger partial charge is 0.421 e. The summed E-state index contributed by atoms with van der Waals surface area (Å²) in [6.45, 7) is 0.515. The molecule has 3 N–H and O–H groups in total. The van der Waals surface area contributed by atoms with Gasteiger partial charge < -0.3 is 16.0 Å². The first-order chi connectivity index (χ1) is 15.8. The molecule has 0 unspecified atom stereocenters. The van der Waals surface area contributed by atoms with Crippen LogP contribution in [0.4, 0.5) is 36.3 Å². The first kappa shape index (κ1) is 20.7. The lowest BCUT2D eigenvalue weighted by molar-refractivity contribution is -0.137. The third kappa shape index (κ3) is 3.91. The first-order valence-corrected chi connectivity index (χ1v) is 11.7. The van der Waals surface area contributed by atoms with Crippen molar-refractivity contribution >= 4 is 29.0 Å². The number of hydrogen-bond acceptors (Lipinski definition) is 5. The summed E-state index contributed by atoms with van der Waals surface area (Å²) in [6, 6.07) is 5.29. The number of nitrogens with zero attached hydrogens (tertiary/aromatic N) is 2. The van der Waals surface area contributed by atoms with Crippen LogP contribution in [0.15, 0.2) is 24.4 Å². The van der Waals surface area contributed by atoms with Crippen molar-refractivity contribution in [3.63, 3.8) is 0 Å². The predicted molar refractivity (Wildman–Crippen MR) is 118 cm³/mol. The second-order valence-corrected chi connectivity index (χ2v) is 10.2. The maximum atomic E-state index is 13.7. The van der Waals surface area contributed by atoms with E-state index in [2.05, 4.69) is 25.9 Å². The fourth-order valence-corrected chi connectivity index (χ4v) is 6.81. The van der Waals surface area contributed by atoms with Crippen LogP contribution in [0.5, 0.6) is 0 Å². The zero-order valence-electron chi connectivity index (χ0n) is 18.1. The van der Waals surface area contributed by atoms with E-state index in [-0.39, 0.29) is 24.1 Å². The molecule has 0 atom stereocenters. The number of amides is 1. The molecule has 2 aromatic rings. The molecule has 4 fully saturated rings. The summed E-state index contributed by atoms with van der Waals surface area (Å²) in [5, 5.41) is 8.80. The van der Waals surface area contributed by atoms with Crippen molar-refractivity contribution < 1.29 is 18.0 Å². The highest BCUT2D eigenvalue weighted by Crippen LogP contribution is 2.56. The quantitative estimate of drug-likeness (QED) is 0.574. The Kier molecular flexibility index (Phi) is 4.78. The molecule has 33 heavy (non-hydrogen) atoms. The van der Waals surface area contributed by atoms with Crippen LogP contribution in [0.2, 0.25) is 0 Å². The molecule has 4 bridgehead atoms. The van der Waals surface area contributed by atoms with Crippen molar-refractivity contribution in [2.24, 2.45) is 29.6 Å². The van der Waals surface area contributed by atoms with Gasteiger partial charge in [-0.25, -0.2) is 4.98 Å². The van der Waals surface area contributed by atoms with Crippen LogP contribution in [0, 0.1) is 29.6 Å². The van der Waals surface area contributed by atoms with Crippen molar-refractivity contribution in [1.29, 1.82) is 0 Å². The molecule has 0 spiro atoms. The summed E-state index contributed by atoms with van der Waals surface area (Å²) >= 11 is 0. The lowest BCUT2D eigenvalue weighted by Gasteiger charge is -2.54. The highest BCUT2D eigenvalue weighted by atomic mass is 19.4. The Hall–Kier alpha value is -2.84. The average molecular weight is 458 g/mol. The van der Waals surface area contributed by atoms with Crippen LogP contribution in [-0.2, 0) is 17.4 Å². The number of alkyl halides is 3. The Balaban J connectivity index is 1.22. The molecule has 1 amide bonds. The number of halogens is 3. The van der Waals surface area contributed by atoms with Gasteiger partial charge in [0.1, 0.15) is 11.4 Å². The molecule has 7 rings (SSSR count). The van der Waals surface area contributed by atoms with E-state index in [0.29, 0.717) is 30.0 Å². The van der Waals surface area contributed by atoms with Gasteiger partial charge in [0.25, 0.3) is 0 Å². The second kappa shape index (κ2) is 7.60. The molecule has 4 saturated carbocycles. The fraction of sp³-hybridized carbons (Fsp3) is 0.542. The number of hydrogen-bond donors (Lipinski definition) is 3. The van der Waals surface area contributed by atoms with Crippen LogP contribution in [0.3, 0.4) is 0 Å². The molecule has 4 aliphatic carbocycles. The van der Waals surface area contributed by atoms with Gasteiger partial charge in [-0.3, -0.25) is 4.79 Å². The molecule has 0 radical (unpaired) electrons. The third-order valence-corrected chi connectivity index (χ3v) is 8.01. The lowest BCUT2D eigenvalue weighted by Crippen LogP contribution is -2.47. The summed E-state index contributed by atoms with van der Waals surface area (Å²) < 4.78 is 41.0. The van der Waals surface area contributed by atoms with E-state index in [1.54, 1.807) is 18.2 Å². The van der Waals surface area contributed by atoms with Crippen molar-refractivity contribution in [2.75, 3.05) is 22.5 Å². The monoisotopic (exact) mass is 457 g/mol. The minimum Gasteiger partial charge on any atom is -0.369 e. The van der Waals surface area contributed by atoms with Crippen molar-refractivity contribution in [2.45, 2.75) is 44.7 Å². The highest BCUT2D eigenvalue weighted by molar-refractivity contribution is 5.99. The summed E-state index contributed by atoms with van der Waals surface area (Å²) in [5.74, 6) is 3.12. The predicted octanol–water partition coefficient (Wildman–Crippen LogP) is 5.22. The van der Waals surface area contributed by atoms with E-state index in [0.717, 1.165) is 29.3 Å².